The molecule has 4 nitrogen and oxygen atoms in total. The highest BCUT2D eigenvalue weighted by Gasteiger charge is 2.23. The molecule has 0 spiro atoms. The molecule has 0 saturated carbocycles. The Balaban J connectivity index is 2.09. The number of fused-ring (bicyclic) bond motifs is 2. The van der Waals surface area contributed by atoms with E-state index in [2.05, 4.69) is 11.2 Å². The van der Waals surface area contributed by atoms with Gasteiger partial charge in [-0.05, 0) is 36.4 Å². The second kappa shape index (κ2) is 5.91. The second-order valence-electron chi connectivity index (χ2n) is 4.40. The Kier molecular flexibility index (Phi) is 3.98. The van der Waals surface area contributed by atoms with Gasteiger partial charge in [0.25, 0.3) is 0 Å². The minimum Gasteiger partial charge on any atom is -0.464 e. The Bertz CT molecular complexity index is 718. The van der Waals surface area contributed by atoms with Crippen LogP contribution in [0.25, 0.3) is 0 Å². The molecule has 6 heteroatoms. The summed E-state index contributed by atoms with van der Waals surface area (Å²) < 4.78 is 5.55. The standard InChI is InChI=1S/C15H11NO3S2/c1-9(16-18)19-14-10(8-17)6-7-13-15(14)21-12-5-3-2-4-11(12)20-13/h2-9H,1H3. The van der Waals surface area contributed by atoms with Crippen LogP contribution in [0.4, 0.5) is 0 Å². The highest BCUT2D eigenvalue weighted by Crippen LogP contribution is 2.52. The summed E-state index contributed by atoms with van der Waals surface area (Å²) in [6, 6.07) is 11.6. The lowest BCUT2D eigenvalue weighted by Crippen LogP contribution is -2.10. The Hall–Kier alpha value is -1.79. The van der Waals surface area contributed by atoms with Crippen molar-refractivity contribution >= 4 is 29.8 Å². The zero-order chi connectivity index (χ0) is 14.8. The molecule has 0 amide bonds. The first kappa shape index (κ1) is 14.2. The zero-order valence-electron chi connectivity index (χ0n) is 11.1. The molecule has 1 atom stereocenters. The van der Waals surface area contributed by atoms with Crippen molar-refractivity contribution in [3.05, 3.63) is 46.9 Å². The number of nitroso groups, excluding NO2 is 1. The number of rotatable bonds is 4. The number of ether oxygens (including phenoxy) is 1. The molecule has 1 heterocycles. The third-order valence-corrected chi connectivity index (χ3v) is 5.53. The second-order valence-corrected chi connectivity index (χ2v) is 6.54. The van der Waals surface area contributed by atoms with Crippen molar-refractivity contribution in [3.8, 4) is 5.75 Å². The first-order chi connectivity index (χ1) is 10.2. The minimum atomic E-state index is -0.835. The van der Waals surface area contributed by atoms with Crippen molar-refractivity contribution in [2.75, 3.05) is 0 Å². The topological polar surface area (TPSA) is 55.7 Å². The Morgan fingerprint density at radius 2 is 1.81 bits per heavy atom. The number of hydrogen-bond acceptors (Lipinski definition) is 6. The fourth-order valence-electron chi connectivity index (χ4n) is 1.99. The van der Waals surface area contributed by atoms with Gasteiger partial charge in [0.2, 0.25) is 6.23 Å². The van der Waals surface area contributed by atoms with E-state index in [-0.39, 0.29) is 0 Å². The number of carbonyl (C=O) groups excluding carboxylic acids is 1. The predicted octanol–water partition coefficient (Wildman–Crippen LogP) is 4.61. The van der Waals surface area contributed by atoms with Gasteiger partial charge in [0.1, 0.15) is 5.75 Å². The number of carbonyl (C=O) groups is 1. The smallest absolute Gasteiger partial charge is 0.226 e. The summed E-state index contributed by atoms with van der Waals surface area (Å²) in [5.41, 5.74) is 0.428. The maximum atomic E-state index is 11.2. The number of benzene rings is 2. The van der Waals surface area contributed by atoms with E-state index in [1.165, 1.54) is 4.90 Å². The van der Waals surface area contributed by atoms with Crippen LogP contribution >= 0.6 is 23.5 Å². The summed E-state index contributed by atoms with van der Waals surface area (Å²) in [7, 11) is 0. The van der Waals surface area contributed by atoms with Crippen LogP contribution in [0.15, 0.2) is 61.2 Å². The van der Waals surface area contributed by atoms with Gasteiger partial charge in [-0.25, -0.2) is 0 Å². The predicted molar refractivity (Wildman–Crippen MR) is 82.4 cm³/mol. The van der Waals surface area contributed by atoms with E-state index in [4.69, 9.17) is 4.74 Å². The molecule has 2 aromatic rings. The number of aldehydes is 1. The average Bonchev–Trinajstić information content (AvgIpc) is 2.53. The summed E-state index contributed by atoms with van der Waals surface area (Å²) in [5.74, 6) is 0.432. The molecule has 3 rings (SSSR count). The van der Waals surface area contributed by atoms with Crippen LogP contribution in [-0.4, -0.2) is 12.5 Å². The van der Waals surface area contributed by atoms with E-state index in [0.29, 0.717) is 11.3 Å². The minimum absolute atomic E-state index is 0.428. The van der Waals surface area contributed by atoms with Gasteiger partial charge in [0.15, 0.2) is 6.29 Å². The fraction of sp³-hybridized carbons (Fsp3) is 0.133. The lowest BCUT2D eigenvalue weighted by Gasteiger charge is -2.22. The van der Waals surface area contributed by atoms with Crippen molar-refractivity contribution in [1.82, 2.24) is 0 Å². The molecule has 0 aromatic heterocycles. The summed E-state index contributed by atoms with van der Waals surface area (Å²) in [6.45, 7) is 1.55. The van der Waals surface area contributed by atoms with Gasteiger partial charge in [-0.15, -0.1) is 4.91 Å². The molecule has 1 unspecified atom stereocenters. The van der Waals surface area contributed by atoms with Crippen molar-refractivity contribution in [1.29, 1.82) is 0 Å². The van der Waals surface area contributed by atoms with E-state index in [0.717, 1.165) is 21.0 Å². The van der Waals surface area contributed by atoms with E-state index >= 15 is 0 Å². The molecule has 106 valence electrons. The molecule has 0 N–H and O–H groups in total. The molecule has 0 bridgehead atoms. The molecular formula is C15H11NO3S2. The fourth-order valence-corrected chi connectivity index (χ4v) is 4.33. The van der Waals surface area contributed by atoms with Crippen LogP contribution in [0.3, 0.4) is 0 Å². The average molecular weight is 317 g/mol. The molecule has 0 saturated heterocycles. The monoisotopic (exact) mass is 317 g/mol. The van der Waals surface area contributed by atoms with Crippen LogP contribution in [0.2, 0.25) is 0 Å². The van der Waals surface area contributed by atoms with Crippen molar-refractivity contribution < 1.29 is 9.53 Å². The van der Waals surface area contributed by atoms with E-state index < -0.39 is 6.23 Å². The van der Waals surface area contributed by atoms with Crippen molar-refractivity contribution in [3.63, 3.8) is 0 Å². The molecule has 2 aromatic carbocycles. The largest absolute Gasteiger partial charge is 0.464 e. The van der Waals surface area contributed by atoms with E-state index in [1.807, 2.05) is 24.3 Å². The molecule has 0 aliphatic carbocycles. The highest BCUT2D eigenvalue weighted by atomic mass is 32.2. The lowest BCUT2D eigenvalue weighted by atomic mass is 10.2. The van der Waals surface area contributed by atoms with E-state index in [1.54, 1.807) is 36.5 Å². The molecule has 0 radical (unpaired) electrons. The lowest BCUT2D eigenvalue weighted by molar-refractivity contribution is 0.111. The Labute approximate surface area is 130 Å². The first-order valence-corrected chi connectivity index (χ1v) is 7.92. The van der Waals surface area contributed by atoms with Gasteiger partial charge in [-0.3, -0.25) is 4.79 Å². The van der Waals surface area contributed by atoms with Crippen LogP contribution in [-0.2, 0) is 0 Å². The Morgan fingerprint density at radius 3 is 2.48 bits per heavy atom. The SMILES string of the molecule is CC(N=O)Oc1c(C=O)ccc2c1Sc1ccccc1S2. The van der Waals surface area contributed by atoms with Crippen LogP contribution in [0.5, 0.6) is 5.75 Å². The number of nitrogens with zero attached hydrogens (tertiary/aromatic N) is 1. The van der Waals surface area contributed by atoms with Crippen molar-refractivity contribution in [2.24, 2.45) is 5.18 Å². The quantitative estimate of drug-likeness (QED) is 0.519. The number of hydrogen-bond donors (Lipinski definition) is 0. The summed E-state index contributed by atoms with van der Waals surface area (Å²) >= 11 is 3.17. The highest BCUT2D eigenvalue weighted by molar-refractivity contribution is 8.05. The van der Waals surface area contributed by atoms with Crippen molar-refractivity contribution in [2.45, 2.75) is 32.7 Å². The molecule has 21 heavy (non-hydrogen) atoms. The van der Waals surface area contributed by atoms with Gasteiger partial charge in [-0.2, -0.15) is 0 Å². The maximum Gasteiger partial charge on any atom is 0.226 e. The third kappa shape index (κ3) is 2.69. The normalized spacial score (nSPS) is 13.8. The zero-order valence-corrected chi connectivity index (χ0v) is 12.7. The molecular weight excluding hydrogens is 306 g/mol. The summed E-state index contributed by atoms with van der Waals surface area (Å²) in [5, 5.41) is 2.85. The Morgan fingerprint density at radius 1 is 1.10 bits per heavy atom. The first-order valence-electron chi connectivity index (χ1n) is 6.29. The maximum absolute atomic E-state index is 11.2. The van der Waals surface area contributed by atoms with Gasteiger partial charge >= 0.3 is 0 Å². The van der Waals surface area contributed by atoms with Gasteiger partial charge in [0.05, 0.1) is 10.5 Å². The molecule has 1 aliphatic rings. The van der Waals surface area contributed by atoms with Gasteiger partial charge < -0.3 is 4.74 Å². The van der Waals surface area contributed by atoms with Crippen LogP contribution in [0.1, 0.15) is 17.3 Å². The van der Waals surface area contributed by atoms with E-state index in [9.17, 15) is 9.70 Å². The van der Waals surface area contributed by atoms with Crippen LogP contribution < -0.4 is 4.74 Å². The molecule has 1 aliphatic heterocycles. The summed E-state index contributed by atoms with van der Waals surface area (Å²) in [6.07, 6.45) is -0.100. The third-order valence-electron chi connectivity index (χ3n) is 2.95. The molecule has 0 fully saturated rings. The van der Waals surface area contributed by atoms with Gasteiger partial charge in [-0.1, -0.05) is 35.7 Å². The van der Waals surface area contributed by atoms with Gasteiger partial charge in [0, 0.05) is 14.7 Å². The van der Waals surface area contributed by atoms with Crippen LogP contribution in [0, 0.1) is 4.91 Å². The summed E-state index contributed by atoms with van der Waals surface area (Å²) in [4.78, 5) is 26.0.